The molecule has 0 aliphatic carbocycles. The average Bonchev–Trinajstić information content (AvgIpc) is 2.43. The number of fused-ring (bicyclic) bond motifs is 1. The van der Waals surface area contributed by atoms with E-state index in [-0.39, 0.29) is 0 Å². The highest BCUT2D eigenvalue weighted by Gasteiger charge is 2.03. The lowest BCUT2D eigenvalue weighted by atomic mass is 10.1. The summed E-state index contributed by atoms with van der Waals surface area (Å²) in [6, 6.07) is 6.58. The van der Waals surface area contributed by atoms with Crippen molar-refractivity contribution in [2.45, 2.75) is 25.2 Å². The Morgan fingerprint density at radius 2 is 2.08 bits per heavy atom. The van der Waals surface area contributed by atoms with Crippen LogP contribution in [0.15, 0.2) is 23.1 Å². The maximum Gasteiger partial charge on any atom is 0.0359 e. The summed E-state index contributed by atoms with van der Waals surface area (Å²) in [5, 5.41) is 1.41. The van der Waals surface area contributed by atoms with E-state index in [2.05, 4.69) is 44.7 Å². The molecule has 0 radical (unpaired) electrons. The van der Waals surface area contributed by atoms with E-state index < -0.39 is 0 Å². The van der Waals surface area contributed by atoms with Gasteiger partial charge in [-0.25, -0.2) is 0 Å². The molecule has 0 unspecified atom stereocenters. The van der Waals surface area contributed by atoms with Crippen molar-refractivity contribution in [2.24, 2.45) is 0 Å². The molecule has 0 aliphatic heterocycles. The molecule has 13 heavy (non-hydrogen) atoms. The van der Waals surface area contributed by atoms with E-state index in [1.807, 2.05) is 11.3 Å². The maximum atomic E-state index is 4.40. The van der Waals surface area contributed by atoms with Crippen molar-refractivity contribution < 1.29 is 0 Å². The summed E-state index contributed by atoms with van der Waals surface area (Å²) < 4.78 is 1.36. The summed E-state index contributed by atoms with van der Waals surface area (Å²) in [5.41, 5.74) is 1.41. The van der Waals surface area contributed by atoms with Gasteiger partial charge in [-0.05, 0) is 42.5 Å². The van der Waals surface area contributed by atoms with Crippen LogP contribution in [-0.4, -0.2) is 0 Å². The monoisotopic (exact) mass is 208 g/mol. The highest BCUT2D eigenvalue weighted by atomic mass is 32.1. The SMILES string of the molecule is CCc1cc(S)cc2sc(C)cc12. The summed E-state index contributed by atoms with van der Waals surface area (Å²) in [5.74, 6) is 0. The zero-order valence-electron chi connectivity index (χ0n) is 7.79. The van der Waals surface area contributed by atoms with Gasteiger partial charge in [-0.3, -0.25) is 0 Å². The molecule has 68 valence electrons. The first-order valence-corrected chi connectivity index (χ1v) is 5.69. The van der Waals surface area contributed by atoms with Gasteiger partial charge in [0.15, 0.2) is 0 Å². The van der Waals surface area contributed by atoms with Gasteiger partial charge in [0, 0.05) is 14.5 Å². The van der Waals surface area contributed by atoms with Crippen LogP contribution < -0.4 is 0 Å². The molecule has 0 saturated carbocycles. The predicted octanol–water partition coefficient (Wildman–Crippen LogP) is 4.06. The van der Waals surface area contributed by atoms with Crippen LogP contribution >= 0.6 is 24.0 Å². The third-order valence-electron chi connectivity index (χ3n) is 2.21. The fraction of sp³-hybridized carbons (Fsp3) is 0.273. The number of hydrogen-bond donors (Lipinski definition) is 1. The second-order valence-corrected chi connectivity index (χ2v) is 5.03. The molecule has 0 saturated heterocycles. The lowest BCUT2D eigenvalue weighted by Crippen LogP contribution is -1.80. The van der Waals surface area contributed by atoms with Gasteiger partial charge >= 0.3 is 0 Å². The van der Waals surface area contributed by atoms with E-state index in [0.29, 0.717) is 0 Å². The minimum Gasteiger partial charge on any atom is -0.143 e. The predicted molar refractivity (Wildman–Crippen MR) is 63.2 cm³/mol. The molecule has 0 spiro atoms. The number of benzene rings is 1. The lowest BCUT2D eigenvalue weighted by Gasteiger charge is -2.00. The van der Waals surface area contributed by atoms with Crippen molar-refractivity contribution in [3.8, 4) is 0 Å². The first-order valence-electron chi connectivity index (χ1n) is 4.42. The van der Waals surface area contributed by atoms with E-state index in [0.717, 1.165) is 11.3 Å². The Labute approximate surface area is 88.0 Å². The zero-order valence-corrected chi connectivity index (χ0v) is 9.51. The second-order valence-electron chi connectivity index (χ2n) is 3.23. The van der Waals surface area contributed by atoms with Crippen LogP contribution in [0.1, 0.15) is 17.4 Å². The maximum absolute atomic E-state index is 4.40. The first kappa shape index (κ1) is 9.10. The molecule has 0 nitrogen and oxygen atoms in total. The number of hydrogen-bond acceptors (Lipinski definition) is 2. The molecule has 0 bridgehead atoms. The van der Waals surface area contributed by atoms with E-state index in [1.54, 1.807) is 0 Å². The van der Waals surface area contributed by atoms with Gasteiger partial charge in [-0.1, -0.05) is 6.92 Å². The third kappa shape index (κ3) is 1.61. The molecule has 0 fully saturated rings. The Morgan fingerprint density at radius 1 is 1.31 bits per heavy atom. The van der Waals surface area contributed by atoms with Crippen molar-refractivity contribution in [1.82, 2.24) is 0 Å². The third-order valence-corrected chi connectivity index (χ3v) is 3.47. The number of thiol groups is 1. The summed E-state index contributed by atoms with van der Waals surface area (Å²) in [6.07, 6.45) is 1.08. The fourth-order valence-electron chi connectivity index (χ4n) is 1.62. The largest absolute Gasteiger partial charge is 0.143 e. The molecule has 1 heterocycles. The van der Waals surface area contributed by atoms with Gasteiger partial charge in [-0.15, -0.1) is 24.0 Å². The van der Waals surface area contributed by atoms with Crippen LogP contribution in [0.4, 0.5) is 0 Å². The van der Waals surface area contributed by atoms with Gasteiger partial charge in [0.2, 0.25) is 0 Å². The molecule has 2 rings (SSSR count). The number of aryl methyl sites for hydroxylation is 2. The Balaban J connectivity index is 2.80. The van der Waals surface area contributed by atoms with Crippen molar-refractivity contribution in [3.63, 3.8) is 0 Å². The van der Waals surface area contributed by atoms with Crippen LogP contribution in [0, 0.1) is 6.92 Å². The molecule has 1 aromatic carbocycles. The summed E-state index contributed by atoms with van der Waals surface area (Å²) in [7, 11) is 0. The highest BCUT2D eigenvalue weighted by molar-refractivity contribution is 7.80. The Kier molecular flexibility index (Phi) is 2.35. The minimum absolute atomic E-state index is 1.08. The number of rotatable bonds is 1. The van der Waals surface area contributed by atoms with E-state index in [9.17, 15) is 0 Å². The van der Waals surface area contributed by atoms with Gasteiger partial charge in [0.25, 0.3) is 0 Å². The van der Waals surface area contributed by atoms with Crippen molar-refractivity contribution >= 4 is 34.1 Å². The Bertz CT molecular complexity index is 441. The lowest BCUT2D eigenvalue weighted by molar-refractivity contribution is 1.15. The molecule has 0 N–H and O–H groups in total. The van der Waals surface area contributed by atoms with Crippen LogP contribution in [-0.2, 0) is 6.42 Å². The number of thiophene rings is 1. The fourth-order valence-corrected chi connectivity index (χ4v) is 3.00. The van der Waals surface area contributed by atoms with E-state index >= 15 is 0 Å². The van der Waals surface area contributed by atoms with E-state index in [4.69, 9.17) is 0 Å². The smallest absolute Gasteiger partial charge is 0.0359 e. The van der Waals surface area contributed by atoms with Gasteiger partial charge in [0.05, 0.1) is 0 Å². The molecule has 0 atom stereocenters. The molecular formula is C11H12S2. The molecule has 1 aromatic heterocycles. The molecule has 2 aromatic rings. The standard InChI is InChI=1S/C11H12S2/c1-3-8-5-9(12)6-11-10(8)4-7(2)13-11/h4-6,12H,3H2,1-2H3. The van der Waals surface area contributed by atoms with Crippen LogP contribution in [0.3, 0.4) is 0 Å². The summed E-state index contributed by atoms with van der Waals surface area (Å²) in [6.45, 7) is 4.34. The van der Waals surface area contributed by atoms with Crippen LogP contribution in [0.5, 0.6) is 0 Å². The van der Waals surface area contributed by atoms with E-state index in [1.165, 1.54) is 20.5 Å². The topological polar surface area (TPSA) is 0 Å². The molecular weight excluding hydrogens is 196 g/mol. The van der Waals surface area contributed by atoms with Gasteiger partial charge in [-0.2, -0.15) is 0 Å². The van der Waals surface area contributed by atoms with Crippen LogP contribution in [0.25, 0.3) is 10.1 Å². The van der Waals surface area contributed by atoms with Crippen LogP contribution in [0.2, 0.25) is 0 Å². The first-order chi connectivity index (χ1) is 6.20. The zero-order chi connectivity index (χ0) is 9.42. The highest BCUT2D eigenvalue weighted by Crippen LogP contribution is 2.30. The van der Waals surface area contributed by atoms with Crippen molar-refractivity contribution in [1.29, 1.82) is 0 Å². The van der Waals surface area contributed by atoms with Gasteiger partial charge < -0.3 is 0 Å². The average molecular weight is 208 g/mol. The van der Waals surface area contributed by atoms with Crippen molar-refractivity contribution in [2.75, 3.05) is 0 Å². The Hall–Kier alpha value is -0.470. The normalized spacial score (nSPS) is 11.0. The minimum atomic E-state index is 1.08. The molecule has 2 heteroatoms. The summed E-state index contributed by atoms with van der Waals surface area (Å²) in [4.78, 5) is 2.45. The molecule has 0 amide bonds. The van der Waals surface area contributed by atoms with Gasteiger partial charge in [0.1, 0.15) is 0 Å². The molecule has 0 aliphatic rings. The van der Waals surface area contributed by atoms with Crippen molar-refractivity contribution in [3.05, 3.63) is 28.6 Å². The summed E-state index contributed by atoms with van der Waals surface area (Å²) >= 11 is 6.25. The second kappa shape index (κ2) is 3.35. The Morgan fingerprint density at radius 3 is 2.77 bits per heavy atom. The quantitative estimate of drug-likeness (QED) is 0.671.